The van der Waals surface area contributed by atoms with Crippen LogP contribution in [0.25, 0.3) is 22.0 Å². The summed E-state index contributed by atoms with van der Waals surface area (Å²) in [5, 5.41) is 5.32. The fourth-order valence-electron chi connectivity index (χ4n) is 4.38. The summed E-state index contributed by atoms with van der Waals surface area (Å²) in [4.78, 5) is 35.8. The molecule has 1 aliphatic rings. The Hall–Kier alpha value is -3.91. The van der Waals surface area contributed by atoms with Gasteiger partial charge < -0.3 is 15.1 Å². The average molecular weight is 482 g/mol. The van der Waals surface area contributed by atoms with Crippen LogP contribution in [0.5, 0.6) is 0 Å². The van der Waals surface area contributed by atoms with Gasteiger partial charge in [-0.15, -0.1) is 0 Å². The van der Waals surface area contributed by atoms with Gasteiger partial charge in [-0.1, -0.05) is 12.1 Å². The quantitative estimate of drug-likeness (QED) is 0.395. The molecule has 1 saturated heterocycles. The van der Waals surface area contributed by atoms with Crippen molar-refractivity contribution in [3.63, 3.8) is 0 Å². The Balaban J connectivity index is 1.35. The monoisotopic (exact) mass is 481 g/mol. The summed E-state index contributed by atoms with van der Waals surface area (Å²) in [5.41, 5.74) is 3.17. The zero-order valence-electron chi connectivity index (χ0n) is 21.0. The molecule has 3 aromatic heterocycles. The van der Waals surface area contributed by atoms with Gasteiger partial charge in [-0.25, -0.2) is 9.97 Å². The summed E-state index contributed by atoms with van der Waals surface area (Å²) >= 11 is 0. The maximum Gasteiger partial charge on any atom is 0.169 e. The van der Waals surface area contributed by atoms with Gasteiger partial charge in [-0.05, 0) is 50.5 Å². The topological polar surface area (TPSA) is 87.1 Å². The van der Waals surface area contributed by atoms with Crippen LogP contribution in [0.1, 0.15) is 29.9 Å². The molecule has 0 bridgehead atoms. The number of ketones is 1. The van der Waals surface area contributed by atoms with Crippen LogP contribution in [-0.2, 0) is 6.42 Å². The van der Waals surface area contributed by atoms with Crippen LogP contribution in [-0.4, -0.2) is 69.9 Å². The van der Waals surface area contributed by atoms with Crippen molar-refractivity contribution in [3.05, 3.63) is 72.4 Å². The minimum Gasteiger partial charge on any atom is -0.367 e. The number of carbonyl (C=O) groups excluding carboxylic acids is 1. The largest absolute Gasteiger partial charge is 0.367 e. The van der Waals surface area contributed by atoms with E-state index in [2.05, 4.69) is 57.0 Å². The maximum absolute atomic E-state index is 13.1. The number of hydrogen-bond acceptors (Lipinski definition) is 8. The van der Waals surface area contributed by atoms with Crippen LogP contribution < -0.4 is 10.2 Å². The Morgan fingerprint density at radius 2 is 1.81 bits per heavy atom. The molecule has 184 valence electrons. The third-order valence-electron chi connectivity index (χ3n) is 6.38. The van der Waals surface area contributed by atoms with E-state index < -0.39 is 0 Å². The molecule has 0 unspecified atom stereocenters. The highest BCUT2D eigenvalue weighted by Gasteiger charge is 2.17. The van der Waals surface area contributed by atoms with E-state index in [1.807, 2.05) is 30.5 Å². The van der Waals surface area contributed by atoms with Gasteiger partial charge >= 0.3 is 0 Å². The number of nitrogens with zero attached hydrogens (tertiary/aromatic N) is 6. The number of likely N-dealkylation sites (N-methyl/N-ethyl adjacent to an activating group) is 1. The fraction of sp³-hybridized carbons (Fsp3) is 0.321. The van der Waals surface area contributed by atoms with Gasteiger partial charge in [-0.2, -0.15) is 0 Å². The first-order chi connectivity index (χ1) is 17.4. The predicted octanol–water partition coefficient (Wildman–Crippen LogP) is 4.08. The molecule has 8 nitrogen and oxygen atoms in total. The molecule has 0 atom stereocenters. The van der Waals surface area contributed by atoms with Crippen LogP contribution >= 0.6 is 0 Å². The predicted molar refractivity (Wildman–Crippen MR) is 144 cm³/mol. The third kappa shape index (κ3) is 5.49. The van der Waals surface area contributed by atoms with Crippen molar-refractivity contribution >= 4 is 28.2 Å². The van der Waals surface area contributed by atoms with Gasteiger partial charge in [0.2, 0.25) is 0 Å². The molecule has 8 heteroatoms. The normalized spacial score (nSPS) is 14.4. The molecule has 0 amide bonds. The van der Waals surface area contributed by atoms with Crippen LogP contribution in [0.3, 0.4) is 0 Å². The molecule has 4 heterocycles. The Labute approximate surface area is 211 Å². The number of nitrogens with one attached hydrogen (secondary N) is 1. The van der Waals surface area contributed by atoms with Gasteiger partial charge in [0.25, 0.3) is 0 Å². The summed E-state index contributed by atoms with van der Waals surface area (Å²) in [6.45, 7) is 7.95. The number of piperazine rings is 1. The number of anilines is 2. The zero-order chi connectivity index (χ0) is 25.1. The number of rotatable bonds is 7. The lowest BCUT2D eigenvalue weighted by atomic mass is 10.0. The number of benzene rings is 1. The first-order valence-electron chi connectivity index (χ1n) is 12.3. The molecule has 5 rings (SSSR count). The number of hydrogen-bond donors (Lipinski definition) is 1. The molecule has 0 radical (unpaired) electrons. The SMILES string of the molecule is CC(C)Nc1cncc(-c2ccc3cnc(CC(=O)c4ccnc(N5CCN(C)CC5)c4)cc3c2)n1. The highest BCUT2D eigenvalue weighted by atomic mass is 16.1. The summed E-state index contributed by atoms with van der Waals surface area (Å²) in [7, 11) is 2.12. The van der Waals surface area contributed by atoms with Crippen LogP contribution in [0, 0.1) is 0 Å². The Morgan fingerprint density at radius 3 is 2.61 bits per heavy atom. The molecule has 4 aromatic rings. The van der Waals surface area contributed by atoms with E-state index in [9.17, 15) is 4.79 Å². The van der Waals surface area contributed by atoms with E-state index in [4.69, 9.17) is 4.98 Å². The van der Waals surface area contributed by atoms with Crippen LogP contribution in [0.15, 0.2) is 61.2 Å². The third-order valence-corrected chi connectivity index (χ3v) is 6.38. The van der Waals surface area contributed by atoms with Gasteiger partial charge in [0.05, 0.1) is 24.5 Å². The molecule has 0 saturated carbocycles. The Kier molecular flexibility index (Phi) is 6.86. The minimum absolute atomic E-state index is 0.0362. The lowest BCUT2D eigenvalue weighted by Gasteiger charge is -2.33. The molecule has 0 spiro atoms. The van der Waals surface area contributed by atoms with Crippen molar-refractivity contribution < 1.29 is 4.79 Å². The number of fused-ring (bicyclic) bond motifs is 1. The van der Waals surface area contributed by atoms with Crippen molar-refractivity contribution in [1.82, 2.24) is 24.8 Å². The lowest BCUT2D eigenvalue weighted by Crippen LogP contribution is -2.44. The second kappa shape index (κ2) is 10.4. The Bertz CT molecular complexity index is 1380. The highest BCUT2D eigenvalue weighted by molar-refractivity contribution is 5.98. The van der Waals surface area contributed by atoms with Crippen LogP contribution in [0.4, 0.5) is 11.6 Å². The first-order valence-corrected chi connectivity index (χ1v) is 12.3. The number of pyridine rings is 2. The molecular weight excluding hydrogens is 450 g/mol. The van der Waals surface area contributed by atoms with Gasteiger partial charge in [-0.3, -0.25) is 14.8 Å². The minimum atomic E-state index is 0.0362. The molecule has 1 fully saturated rings. The summed E-state index contributed by atoms with van der Waals surface area (Å²) in [6, 6.07) is 12.1. The van der Waals surface area contributed by atoms with Crippen molar-refractivity contribution in [2.45, 2.75) is 26.3 Å². The first kappa shape index (κ1) is 23.8. The number of carbonyl (C=O) groups is 1. The zero-order valence-corrected chi connectivity index (χ0v) is 21.0. The van der Waals surface area contributed by atoms with Crippen molar-refractivity contribution in [2.75, 3.05) is 43.4 Å². The average Bonchev–Trinajstić information content (AvgIpc) is 2.88. The molecular formula is C28H31N7O. The smallest absolute Gasteiger partial charge is 0.169 e. The molecule has 1 aliphatic heterocycles. The second-order valence-corrected chi connectivity index (χ2v) is 9.62. The summed E-state index contributed by atoms with van der Waals surface area (Å²) in [6.07, 6.45) is 7.28. The number of aromatic nitrogens is 4. The van der Waals surface area contributed by atoms with E-state index in [1.54, 1.807) is 24.7 Å². The van der Waals surface area contributed by atoms with Crippen molar-refractivity contribution in [3.8, 4) is 11.3 Å². The second-order valence-electron chi connectivity index (χ2n) is 9.62. The summed E-state index contributed by atoms with van der Waals surface area (Å²) < 4.78 is 0. The maximum atomic E-state index is 13.1. The van der Waals surface area contributed by atoms with Crippen LogP contribution in [0.2, 0.25) is 0 Å². The van der Waals surface area contributed by atoms with Gasteiger partial charge in [0.1, 0.15) is 11.6 Å². The van der Waals surface area contributed by atoms with E-state index >= 15 is 0 Å². The fourth-order valence-corrected chi connectivity index (χ4v) is 4.38. The highest BCUT2D eigenvalue weighted by Crippen LogP contribution is 2.24. The van der Waals surface area contributed by atoms with E-state index in [0.717, 1.165) is 65.5 Å². The lowest BCUT2D eigenvalue weighted by molar-refractivity contribution is 0.0992. The van der Waals surface area contributed by atoms with Crippen molar-refractivity contribution in [2.24, 2.45) is 0 Å². The van der Waals surface area contributed by atoms with Crippen molar-refractivity contribution in [1.29, 1.82) is 0 Å². The Morgan fingerprint density at radius 1 is 0.972 bits per heavy atom. The van der Waals surface area contributed by atoms with E-state index in [-0.39, 0.29) is 18.2 Å². The van der Waals surface area contributed by atoms with E-state index in [0.29, 0.717) is 5.56 Å². The number of Topliss-reactive ketones (excluding diaryl/α,β-unsaturated/α-hetero) is 1. The molecule has 1 N–H and O–H groups in total. The standard InChI is InChI=1S/C28H31N7O/c1-19(2)32-27-18-29-17-25(33-27)20-4-5-22-16-31-24(13-23(22)12-20)15-26(36)21-6-7-30-28(14-21)35-10-8-34(3)9-11-35/h4-7,12-14,16-19H,8-11,15H2,1-3H3,(H,32,33). The molecule has 1 aromatic carbocycles. The van der Waals surface area contributed by atoms with Gasteiger partial charge in [0, 0.05) is 66.8 Å². The summed E-state index contributed by atoms with van der Waals surface area (Å²) in [5.74, 6) is 1.64. The molecule has 0 aliphatic carbocycles. The van der Waals surface area contributed by atoms with E-state index in [1.165, 1.54) is 0 Å². The molecule has 36 heavy (non-hydrogen) atoms. The van der Waals surface area contributed by atoms with Gasteiger partial charge in [0.15, 0.2) is 5.78 Å².